The summed E-state index contributed by atoms with van der Waals surface area (Å²) in [5.41, 5.74) is 0.804. The monoisotopic (exact) mass is 285 g/mol. The van der Waals surface area contributed by atoms with Gasteiger partial charge in [-0.05, 0) is 30.5 Å². The molecule has 5 nitrogen and oxygen atoms in total. The molecule has 1 aromatic carbocycles. The average Bonchev–Trinajstić information content (AvgIpc) is 2.35. The number of hydrogen-bond acceptors (Lipinski definition) is 3. The SMILES string of the molecule is CC[C@H](C)[C@H](NS(=O)(=O)c1cccc(C)c1)C(=O)O. The van der Waals surface area contributed by atoms with Crippen LogP contribution in [-0.2, 0) is 14.8 Å². The third-order valence-electron chi connectivity index (χ3n) is 3.06. The first-order valence-corrected chi connectivity index (χ1v) is 7.58. The van der Waals surface area contributed by atoms with Gasteiger partial charge in [0.15, 0.2) is 0 Å². The Kier molecular flexibility index (Phi) is 5.08. The lowest BCUT2D eigenvalue weighted by Crippen LogP contribution is -2.44. The summed E-state index contributed by atoms with van der Waals surface area (Å²) < 4.78 is 26.6. The lowest BCUT2D eigenvalue weighted by atomic mass is 10.0. The van der Waals surface area contributed by atoms with Crippen molar-refractivity contribution in [2.45, 2.75) is 38.1 Å². The van der Waals surface area contributed by atoms with E-state index in [0.717, 1.165) is 5.56 Å². The molecule has 0 unspecified atom stereocenters. The summed E-state index contributed by atoms with van der Waals surface area (Å²) >= 11 is 0. The molecule has 0 saturated heterocycles. The van der Waals surface area contributed by atoms with E-state index in [1.54, 1.807) is 26.0 Å². The Bertz CT molecular complexity index is 554. The molecule has 0 bridgehead atoms. The van der Waals surface area contributed by atoms with Crippen LogP contribution in [0.2, 0.25) is 0 Å². The molecule has 2 atom stereocenters. The normalized spacial score (nSPS) is 14.9. The largest absolute Gasteiger partial charge is 0.480 e. The second-order valence-electron chi connectivity index (χ2n) is 4.64. The maximum absolute atomic E-state index is 12.1. The van der Waals surface area contributed by atoms with E-state index in [9.17, 15) is 13.2 Å². The molecule has 0 spiro atoms. The number of carboxylic acids is 1. The highest BCUT2D eigenvalue weighted by molar-refractivity contribution is 7.89. The van der Waals surface area contributed by atoms with Crippen LogP contribution in [-0.4, -0.2) is 25.5 Å². The molecule has 0 aliphatic heterocycles. The van der Waals surface area contributed by atoms with Crippen LogP contribution in [0.5, 0.6) is 0 Å². The molecule has 1 aromatic rings. The van der Waals surface area contributed by atoms with Gasteiger partial charge in [-0.2, -0.15) is 4.72 Å². The van der Waals surface area contributed by atoms with E-state index in [4.69, 9.17) is 5.11 Å². The molecule has 0 aliphatic carbocycles. The van der Waals surface area contributed by atoms with Gasteiger partial charge in [0.25, 0.3) is 0 Å². The molecule has 0 fully saturated rings. The summed E-state index contributed by atoms with van der Waals surface area (Å²) in [5.74, 6) is -1.44. The molecule has 0 heterocycles. The Morgan fingerprint density at radius 3 is 2.53 bits per heavy atom. The molecule has 0 aliphatic rings. The minimum atomic E-state index is -3.81. The van der Waals surface area contributed by atoms with Crippen molar-refractivity contribution < 1.29 is 18.3 Å². The molecule has 2 N–H and O–H groups in total. The Balaban J connectivity index is 3.04. The number of sulfonamides is 1. The zero-order chi connectivity index (χ0) is 14.6. The van der Waals surface area contributed by atoms with Gasteiger partial charge in [-0.1, -0.05) is 32.4 Å². The molecule has 0 saturated carbocycles. The summed E-state index contributed by atoms with van der Waals surface area (Å²) in [4.78, 5) is 11.2. The lowest BCUT2D eigenvalue weighted by molar-refractivity contribution is -0.140. The van der Waals surface area contributed by atoms with Crippen molar-refractivity contribution in [3.8, 4) is 0 Å². The highest BCUT2D eigenvalue weighted by Crippen LogP contribution is 2.15. The van der Waals surface area contributed by atoms with Crippen LogP contribution in [0.3, 0.4) is 0 Å². The predicted octanol–water partition coefficient (Wildman–Crippen LogP) is 1.77. The number of aliphatic carboxylic acids is 1. The third kappa shape index (κ3) is 4.04. The lowest BCUT2D eigenvalue weighted by Gasteiger charge is -2.20. The van der Waals surface area contributed by atoms with Crippen LogP contribution in [0.4, 0.5) is 0 Å². The maximum Gasteiger partial charge on any atom is 0.322 e. The second kappa shape index (κ2) is 6.16. The minimum absolute atomic E-state index is 0.0852. The molecular formula is C13H19NO4S. The van der Waals surface area contributed by atoms with Crippen molar-refractivity contribution in [2.24, 2.45) is 5.92 Å². The van der Waals surface area contributed by atoms with Crippen molar-refractivity contribution >= 4 is 16.0 Å². The van der Waals surface area contributed by atoms with Crippen LogP contribution in [0.25, 0.3) is 0 Å². The number of carbonyl (C=O) groups is 1. The Morgan fingerprint density at radius 1 is 1.42 bits per heavy atom. The van der Waals surface area contributed by atoms with Crippen molar-refractivity contribution in [2.75, 3.05) is 0 Å². The summed E-state index contributed by atoms with van der Waals surface area (Å²) in [7, 11) is -3.81. The number of nitrogens with one attached hydrogen (secondary N) is 1. The van der Waals surface area contributed by atoms with Gasteiger partial charge in [-0.25, -0.2) is 8.42 Å². The summed E-state index contributed by atoms with van der Waals surface area (Å²) in [6.45, 7) is 5.31. The molecule has 1 rings (SSSR count). The third-order valence-corrected chi connectivity index (χ3v) is 4.50. The van der Waals surface area contributed by atoms with Gasteiger partial charge in [0, 0.05) is 0 Å². The van der Waals surface area contributed by atoms with E-state index in [-0.39, 0.29) is 10.8 Å². The smallest absolute Gasteiger partial charge is 0.322 e. The van der Waals surface area contributed by atoms with E-state index < -0.39 is 22.0 Å². The first-order chi connectivity index (χ1) is 8.77. The fourth-order valence-electron chi connectivity index (χ4n) is 1.66. The van der Waals surface area contributed by atoms with Crippen LogP contribution >= 0.6 is 0 Å². The summed E-state index contributed by atoms with van der Waals surface area (Å²) in [6.07, 6.45) is 0.577. The van der Waals surface area contributed by atoms with Gasteiger partial charge < -0.3 is 5.11 Å². The van der Waals surface area contributed by atoms with Gasteiger partial charge in [0.05, 0.1) is 4.90 Å². The first-order valence-electron chi connectivity index (χ1n) is 6.09. The zero-order valence-electron chi connectivity index (χ0n) is 11.3. The second-order valence-corrected chi connectivity index (χ2v) is 6.35. The average molecular weight is 285 g/mol. The van der Waals surface area contributed by atoms with E-state index in [2.05, 4.69) is 4.72 Å². The summed E-state index contributed by atoms with van der Waals surface area (Å²) in [6, 6.07) is 5.25. The van der Waals surface area contributed by atoms with Gasteiger partial charge in [0.1, 0.15) is 6.04 Å². The van der Waals surface area contributed by atoms with Crippen LogP contribution in [0, 0.1) is 12.8 Å². The maximum atomic E-state index is 12.1. The van der Waals surface area contributed by atoms with Crippen molar-refractivity contribution in [3.05, 3.63) is 29.8 Å². The fourth-order valence-corrected chi connectivity index (χ4v) is 3.07. The van der Waals surface area contributed by atoms with Crippen LogP contribution in [0.1, 0.15) is 25.8 Å². The molecule has 0 radical (unpaired) electrons. The van der Waals surface area contributed by atoms with Gasteiger partial charge in [-0.15, -0.1) is 0 Å². The highest BCUT2D eigenvalue weighted by Gasteiger charge is 2.29. The summed E-state index contributed by atoms with van der Waals surface area (Å²) in [5, 5.41) is 9.11. The standard InChI is InChI=1S/C13H19NO4S/c1-4-10(3)12(13(15)16)14-19(17,18)11-7-5-6-9(2)8-11/h5-8,10,12,14H,4H2,1-3H3,(H,15,16)/t10-,12-/m0/s1. The fraction of sp³-hybridized carbons (Fsp3) is 0.462. The Labute approximate surface area is 113 Å². The predicted molar refractivity (Wildman–Crippen MR) is 72.4 cm³/mol. The van der Waals surface area contributed by atoms with Crippen LogP contribution in [0.15, 0.2) is 29.2 Å². The van der Waals surface area contributed by atoms with Gasteiger partial charge >= 0.3 is 5.97 Å². The number of hydrogen-bond donors (Lipinski definition) is 2. The van der Waals surface area contributed by atoms with Gasteiger partial charge in [-0.3, -0.25) is 4.79 Å². The van der Waals surface area contributed by atoms with Crippen molar-refractivity contribution in [3.63, 3.8) is 0 Å². The molecular weight excluding hydrogens is 266 g/mol. The molecule has 0 amide bonds. The van der Waals surface area contributed by atoms with Crippen molar-refractivity contribution in [1.29, 1.82) is 0 Å². The van der Waals surface area contributed by atoms with Crippen LogP contribution < -0.4 is 4.72 Å². The molecule has 6 heteroatoms. The van der Waals surface area contributed by atoms with E-state index in [1.807, 2.05) is 6.92 Å². The van der Waals surface area contributed by atoms with Crippen molar-refractivity contribution in [1.82, 2.24) is 4.72 Å². The number of rotatable bonds is 6. The molecule has 106 valence electrons. The number of carboxylic acid groups (broad SMARTS) is 1. The first kappa shape index (κ1) is 15.7. The number of benzene rings is 1. The van der Waals surface area contributed by atoms with E-state index in [0.29, 0.717) is 6.42 Å². The molecule has 0 aromatic heterocycles. The Hall–Kier alpha value is -1.40. The van der Waals surface area contributed by atoms with E-state index >= 15 is 0 Å². The topological polar surface area (TPSA) is 83.5 Å². The Morgan fingerprint density at radius 2 is 2.05 bits per heavy atom. The highest BCUT2D eigenvalue weighted by atomic mass is 32.2. The number of aryl methyl sites for hydroxylation is 1. The quantitative estimate of drug-likeness (QED) is 0.834. The molecule has 19 heavy (non-hydrogen) atoms. The van der Waals surface area contributed by atoms with Gasteiger partial charge in [0.2, 0.25) is 10.0 Å². The minimum Gasteiger partial charge on any atom is -0.480 e. The van der Waals surface area contributed by atoms with E-state index in [1.165, 1.54) is 12.1 Å². The zero-order valence-corrected chi connectivity index (χ0v) is 12.1.